The Bertz CT molecular complexity index is 854. The maximum atomic E-state index is 12.6. The summed E-state index contributed by atoms with van der Waals surface area (Å²) in [5.74, 6) is 0.767. The molecule has 3 aromatic rings. The molecule has 3 aromatic heterocycles. The maximum Gasteiger partial charge on any atom is 0.227 e. The Kier molecular flexibility index (Phi) is 4.28. The molecule has 0 radical (unpaired) electrons. The second-order valence-corrected chi connectivity index (χ2v) is 6.34. The van der Waals surface area contributed by atoms with Crippen LogP contribution < -0.4 is 10.6 Å². The van der Waals surface area contributed by atoms with E-state index in [1.807, 2.05) is 24.4 Å². The Labute approximate surface area is 145 Å². The number of pyridine rings is 1. The predicted molar refractivity (Wildman–Crippen MR) is 95.2 cm³/mol. The lowest BCUT2D eigenvalue weighted by atomic mass is 9.85. The van der Waals surface area contributed by atoms with Crippen molar-refractivity contribution in [1.29, 1.82) is 0 Å². The zero-order valence-corrected chi connectivity index (χ0v) is 13.8. The molecule has 7 heteroatoms. The third-order valence-corrected chi connectivity index (χ3v) is 4.68. The fraction of sp³-hybridized carbons (Fsp3) is 0.333. The summed E-state index contributed by atoms with van der Waals surface area (Å²) in [5, 5.41) is 10.6. The van der Waals surface area contributed by atoms with Crippen molar-refractivity contribution in [3.8, 4) is 0 Å². The number of carbonyl (C=O) groups is 1. The highest BCUT2D eigenvalue weighted by Crippen LogP contribution is 2.27. The van der Waals surface area contributed by atoms with Crippen LogP contribution in [-0.2, 0) is 4.79 Å². The number of nitrogens with one attached hydrogen (secondary N) is 2. The molecule has 0 aromatic carbocycles. The molecular weight excluding hydrogens is 316 g/mol. The van der Waals surface area contributed by atoms with Gasteiger partial charge < -0.3 is 10.6 Å². The minimum absolute atomic E-state index is 0.0356. The van der Waals surface area contributed by atoms with Crippen LogP contribution in [-0.4, -0.2) is 31.5 Å². The summed E-state index contributed by atoms with van der Waals surface area (Å²) in [6.45, 7) is 0. The van der Waals surface area contributed by atoms with Crippen molar-refractivity contribution < 1.29 is 4.79 Å². The molecule has 7 nitrogen and oxygen atoms in total. The Balaban J connectivity index is 1.33. The molecule has 1 saturated carbocycles. The van der Waals surface area contributed by atoms with Gasteiger partial charge in [-0.1, -0.05) is 6.07 Å². The minimum Gasteiger partial charge on any atom is -0.351 e. The van der Waals surface area contributed by atoms with Crippen LogP contribution in [0, 0.1) is 5.92 Å². The van der Waals surface area contributed by atoms with E-state index in [-0.39, 0.29) is 11.8 Å². The molecule has 3 heterocycles. The molecule has 0 unspecified atom stereocenters. The van der Waals surface area contributed by atoms with Crippen LogP contribution in [0.25, 0.3) is 5.52 Å². The molecule has 1 aliphatic rings. The van der Waals surface area contributed by atoms with Crippen LogP contribution in [0.1, 0.15) is 25.7 Å². The van der Waals surface area contributed by atoms with Gasteiger partial charge in [-0.15, -0.1) is 0 Å². The second-order valence-electron chi connectivity index (χ2n) is 6.34. The number of hydrogen-bond acceptors (Lipinski definition) is 5. The van der Waals surface area contributed by atoms with Crippen LogP contribution in [0.3, 0.4) is 0 Å². The van der Waals surface area contributed by atoms with Crippen molar-refractivity contribution in [3.63, 3.8) is 0 Å². The summed E-state index contributed by atoms with van der Waals surface area (Å²) < 4.78 is 1.76. The van der Waals surface area contributed by atoms with Gasteiger partial charge in [0, 0.05) is 30.6 Å². The number of hydrogen-bond donors (Lipinski definition) is 2. The quantitative estimate of drug-likeness (QED) is 0.765. The van der Waals surface area contributed by atoms with Crippen LogP contribution in [0.2, 0.25) is 0 Å². The van der Waals surface area contributed by atoms with Crippen molar-refractivity contribution in [2.24, 2.45) is 5.92 Å². The van der Waals surface area contributed by atoms with Crippen molar-refractivity contribution in [1.82, 2.24) is 19.6 Å². The van der Waals surface area contributed by atoms with Crippen LogP contribution in [0.15, 0.2) is 49.1 Å². The first-order chi connectivity index (χ1) is 12.3. The topological polar surface area (TPSA) is 84.2 Å². The lowest BCUT2D eigenvalue weighted by Crippen LogP contribution is -2.32. The molecule has 0 atom stereocenters. The van der Waals surface area contributed by atoms with E-state index in [2.05, 4.69) is 25.7 Å². The number of amides is 1. The lowest BCUT2D eigenvalue weighted by Gasteiger charge is -2.28. The van der Waals surface area contributed by atoms with Crippen LogP contribution >= 0.6 is 0 Å². The van der Waals surface area contributed by atoms with Gasteiger partial charge >= 0.3 is 0 Å². The zero-order chi connectivity index (χ0) is 17.1. The van der Waals surface area contributed by atoms with Crippen molar-refractivity contribution in [2.45, 2.75) is 31.7 Å². The van der Waals surface area contributed by atoms with Gasteiger partial charge in [-0.25, -0.2) is 14.5 Å². The number of carbonyl (C=O) groups excluding carboxylic acids is 1. The minimum atomic E-state index is 0.0356. The van der Waals surface area contributed by atoms with Crippen molar-refractivity contribution in [2.75, 3.05) is 10.6 Å². The molecule has 2 N–H and O–H groups in total. The molecular formula is C18H20N6O. The van der Waals surface area contributed by atoms with Gasteiger partial charge in [-0.3, -0.25) is 4.79 Å². The highest BCUT2D eigenvalue weighted by molar-refractivity contribution is 5.96. The van der Waals surface area contributed by atoms with E-state index >= 15 is 0 Å². The molecule has 1 fully saturated rings. The van der Waals surface area contributed by atoms with E-state index < -0.39 is 0 Å². The summed E-state index contributed by atoms with van der Waals surface area (Å²) in [4.78, 5) is 21.0. The summed E-state index contributed by atoms with van der Waals surface area (Å²) in [7, 11) is 0. The fourth-order valence-electron chi connectivity index (χ4n) is 3.32. The summed E-state index contributed by atoms with van der Waals surface area (Å²) >= 11 is 0. The largest absolute Gasteiger partial charge is 0.351 e. The Hall–Kier alpha value is -2.96. The zero-order valence-electron chi connectivity index (χ0n) is 13.8. The Morgan fingerprint density at radius 3 is 2.68 bits per heavy atom. The SMILES string of the molecule is O=C(Nc1cnn2ccccc12)C1CCC(Nc2ncccn2)CC1. The maximum absolute atomic E-state index is 12.6. The molecule has 0 saturated heterocycles. The van der Waals surface area contributed by atoms with E-state index in [1.165, 1.54) is 0 Å². The van der Waals surface area contributed by atoms with Crippen molar-refractivity contribution in [3.05, 3.63) is 49.1 Å². The number of rotatable bonds is 4. The molecule has 0 aliphatic heterocycles. The number of anilines is 2. The van der Waals surface area contributed by atoms with E-state index in [9.17, 15) is 4.79 Å². The van der Waals surface area contributed by atoms with Gasteiger partial charge in [0.05, 0.1) is 17.4 Å². The van der Waals surface area contributed by atoms with E-state index in [1.54, 1.807) is 29.2 Å². The smallest absolute Gasteiger partial charge is 0.227 e. The number of fused-ring (bicyclic) bond motifs is 1. The molecule has 1 amide bonds. The second kappa shape index (κ2) is 6.88. The van der Waals surface area contributed by atoms with E-state index in [0.29, 0.717) is 12.0 Å². The van der Waals surface area contributed by atoms with Gasteiger partial charge in [0.25, 0.3) is 0 Å². The summed E-state index contributed by atoms with van der Waals surface area (Å²) in [6, 6.07) is 7.92. The van der Waals surface area contributed by atoms with Gasteiger partial charge in [0.15, 0.2) is 0 Å². The first-order valence-corrected chi connectivity index (χ1v) is 8.56. The van der Waals surface area contributed by atoms with Gasteiger partial charge in [0.2, 0.25) is 11.9 Å². The molecule has 25 heavy (non-hydrogen) atoms. The number of aromatic nitrogens is 4. The summed E-state index contributed by atoms with van der Waals surface area (Å²) in [6.07, 6.45) is 10.6. The summed E-state index contributed by atoms with van der Waals surface area (Å²) in [5.41, 5.74) is 1.68. The first-order valence-electron chi connectivity index (χ1n) is 8.56. The fourth-order valence-corrected chi connectivity index (χ4v) is 3.32. The standard InChI is InChI=1S/C18H20N6O/c25-17(23-15-12-21-24-11-2-1-4-16(15)24)13-5-7-14(8-6-13)22-18-19-9-3-10-20-18/h1-4,9-14H,5-8H2,(H,23,25)(H,19,20,22). The average Bonchev–Trinajstić information content (AvgIpc) is 3.06. The third-order valence-electron chi connectivity index (χ3n) is 4.68. The first kappa shape index (κ1) is 15.6. The van der Waals surface area contributed by atoms with Crippen LogP contribution in [0.5, 0.6) is 0 Å². The van der Waals surface area contributed by atoms with E-state index in [0.717, 1.165) is 36.9 Å². The molecule has 128 valence electrons. The highest BCUT2D eigenvalue weighted by atomic mass is 16.1. The normalized spacial score (nSPS) is 20.3. The Morgan fingerprint density at radius 1 is 1.08 bits per heavy atom. The highest BCUT2D eigenvalue weighted by Gasteiger charge is 2.27. The lowest BCUT2D eigenvalue weighted by molar-refractivity contribution is -0.120. The molecule has 0 bridgehead atoms. The predicted octanol–water partition coefficient (Wildman–Crippen LogP) is 2.73. The van der Waals surface area contributed by atoms with Crippen molar-refractivity contribution >= 4 is 23.1 Å². The van der Waals surface area contributed by atoms with Gasteiger partial charge in [0.1, 0.15) is 0 Å². The monoisotopic (exact) mass is 336 g/mol. The number of nitrogens with zero attached hydrogens (tertiary/aromatic N) is 4. The van der Waals surface area contributed by atoms with E-state index in [4.69, 9.17) is 0 Å². The third kappa shape index (κ3) is 3.45. The molecule has 1 aliphatic carbocycles. The average molecular weight is 336 g/mol. The van der Waals surface area contributed by atoms with Gasteiger partial charge in [-0.2, -0.15) is 5.10 Å². The van der Waals surface area contributed by atoms with Crippen LogP contribution in [0.4, 0.5) is 11.6 Å². The molecule has 0 spiro atoms. The molecule has 4 rings (SSSR count). The van der Waals surface area contributed by atoms with Gasteiger partial charge in [-0.05, 0) is 43.9 Å². The Morgan fingerprint density at radius 2 is 1.88 bits per heavy atom.